The van der Waals surface area contributed by atoms with Gasteiger partial charge in [-0.2, -0.15) is 0 Å². The lowest BCUT2D eigenvalue weighted by Gasteiger charge is -2.17. The smallest absolute Gasteiger partial charge is 0.129 e. The molecule has 0 aliphatic carbocycles. The van der Waals surface area contributed by atoms with Gasteiger partial charge in [0.15, 0.2) is 0 Å². The first-order valence-electron chi connectivity index (χ1n) is 5.58. The molecule has 0 atom stereocenters. The van der Waals surface area contributed by atoms with Crippen molar-refractivity contribution in [2.24, 2.45) is 5.73 Å². The highest BCUT2D eigenvalue weighted by atomic mass is 32.1. The zero-order valence-corrected chi connectivity index (χ0v) is 11.2. The number of hydrogen-bond acceptors (Lipinski definition) is 4. The lowest BCUT2D eigenvalue weighted by Crippen LogP contribution is -2.18. The fourth-order valence-electron chi connectivity index (χ4n) is 1.67. The van der Waals surface area contributed by atoms with Crippen LogP contribution in [0, 0.1) is 6.92 Å². The lowest BCUT2D eigenvalue weighted by molar-refractivity contribution is 0.481. The van der Waals surface area contributed by atoms with Gasteiger partial charge in [-0.1, -0.05) is 12.2 Å². The third kappa shape index (κ3) is 2.87. The van der Waals surface area contributed by atoms with Crippen LogP contribution in [-0.2, 0) is 6.54 Å². The molecule has 0 aliphatic heterocycles. The Morgan fingerprint density at radius 1 is 1.44 bits per heavy atom. The maximum absolute atomic E-state index is 5.61. The number of thiocarbonyl (C=S) groups is 1. The summed E-state index contributed by atoms with van der Waals surface area (Å²) < 4.78 is 5.53. The highest BCUT2D eigenvalue weighted by molar-refractivity contribution is 7.80. The van der Waals surface area contributed by atoms with E-state index in [1.165, 1.54) is 0 Å². The summed E-state index contributed by atoms with van der Waals surface area (Å²) in [6.45, 7) is 2.58. The number of anilines is 1. The van der Waals surface area contributed by atoms with Gasteiger partial charge < -0.3 is 15.1 Å². The summed E-state index contributed by atoms with van der Waals surface area (Å²) in [6.07, 6.45) is 1.70. The lowest BCUT2D eigenvalue weighted by atomic mass is 10.2. The molecule has 2 rings (SSSR count). The molecule has 0 aliphatic rings. The average Bonchev–Trinajstić information content (AvgIpc) is 2.75. The molecule has 2 aromatic heterocycles. The summed E-state index contributed by atoms with van der Waals surface area (Å²) in [7, 11) is 1.95. The van der Waals surface area contributed by atoms with Crippen molar-refractivity contribution < 1.29 is 4.42 Å². The van der Waals surface area contributed by atoms with E-state index in [9.17, 15) is 0 Å². The molecule has 4 nitrogen and oxygen atoms in total. The van der Waals surface area contributed by atoms with Gasteiger partial charge in [0, 0.05) is 18.8 Å². The molecule has 2 aromatic rings. The number of aromatic nitrogens is 1. The van der Waals surface area contributed by atoms with Crippen LogP contribution in [0.5, 0.6) is 0 Å². The van der Waals surface area contributed by atoms with Gasteiger partial charge in [-0.3, -0.25) is 0 Å². The molecule has 94 valence electrons. The Kier molecular flexibility index (Phi) is 3.62. The predicted octanol–water partition coefficient (Wildman–Crippen LogP) is 2.25. The molecule has 0 radical (unpaired) electrons. The Balaban J connectivity index is 2.15. The minimum atomic E-state index is 0.376. The number of aryl methyl sites for hydroxylation is 1. The maximum atomic E-state index is 5.61. The second kappa shape index (κ2) is 5.18. The maximum Gasteiger partial charge on any atom is 0.129 e. The monoisotopic (exact) mass is 261 g/mol. The molecule has 0 aromatic carbocycles. The van der Waals surface area contributed by atoms with E-state index in [1.807, 2.05) is 37.1 Å². The van der Waals surface area contributed by atoms with Crippen LogP contribution in [0.1, 0.15) is 17.1 Å². The fraction of sp³-hybridized carbons (Fsp3) is 0.231. The van der Waals surface area contributed by atoms with E-state index in [2.05, 4.69) is 4.98 Å². The first-order valence-corrected chi connectivity index (χ1v) is 5.99. The fourth-order valence-corrected chi connectivity index (χ4v) is 1.79. The summed E-state index contributed by atoms with van der Waals surface area (Å²) in [5.74, 6) is 2.62. The molecule has 0 amide bonds. The van der Waals surface area contributed by atoms with Gasteiger partial charge in [0.25, 0.3) is 0 Å². The summed E-state index contributed by atoms with van der Waals surface area (Å²) >= 11 is 4.95. The topological polar surface area (TPSA) is 55.3 Å². The molecular formula is C13H15N3OS. The van der Waals surface area contributed by atoms with Gasteiger partial charge in [0.2, 0.25) is 0 Å². The molecule has 0 unspecified atom stereocenters. The van der Waals surface area contributed by atoms with E-state index in [1.54, 1.807) is 12.3 Å². The molecule has 0 saturated heterocycles. The first kappa shape index (κ1) is 12.6. The van der Waals surface area contributed by atoms with Crippen molar-refractivity contribution in [3.8, 4) is 0 Å². The van der Waals surface area contributed by atoms with E-state index in [-0.39, 0.29) is 0 Å². The van der Waals surface area contributed by atoms with Crippen molar-refractivity contribution >= 4 is 23.0 Å². The van der Waals surface area contributed by atoms with Crippen LogP contribution in [-0.4, -0.2) is 17.0 Å². The molecule has 2 N–H and O–H groups in total. The summed E-state index contributed by atoms with van der Waals surface area (Å²) in [5, 5.41) is 0. The first-order chi connectivity index (χ1) is 8.56. The second-order valence-electron chi connectivity index (χ2n) is 4.14. The molecule has 2 heterocycles. The number of pyridine rings is 1. The van der Waals surface area contributed by atoms with Crippen LogP contribution in [0.15, 0.2) is 34.9 Å². The third-order valence-corrected chi connectivity index (χ3v) is 2.85. The molecular weight excluding hydrogens is 246 g/mol. The normalized spacial score (nSPS) is 10.3. The highest BCUT2D eigenvalue weighted by Gasteiger charge is 2.07. The largest absolute Gasteiger partial charge is 0.464 e. The van der Waals surface area contributed by atoms with Gasteiger partial charge in [-0.15, -0.1) is 0 Å². The van der Waals surface area contributed by atoms with Crippen LogP contribution in [0.4, 0.5) is 5.82 Å². The standard InChI is InChI=1S/C13H15N3OS/c1-9-3-4-11(17-9)8-16(2)12-7-10(13(14)18)5-6-15-12/h3-7H,8H2,1-2H3,(H2,14,18). The van der Waals surface area contributed by atoms with Crippen molar-refractivity contribution in [2.75, 3.05) is 11.9 Å². The van der Waals surface area contributed by atoms with Crippen molar-refractivity contribution in [3.05, 3.63) is 47.5 Å². The number of nitrogens with zero attached hydrogens (tertiary/aromatic N) is 2. The third-order valence-electron chi connectivity index (χ3n) is 2.61. The SMILES string of the molecule is Cc1ccc(CN(C)c2cc(C(N)=S)ccn2)o1. The molecule has 18 heavy (non-hydrogen) atoms. The minimum absolute atomic E-state index is 0.376. The summed E-state index contributed by atoms with van der Waals surface area (Å²) in [5.41, 5.74) is 6.42. The van der Waals surface area contributed by atoms with Crippen LogP contribution in [0.2, 0.25) is 0 Å². The molecule has 0 bridgehead atoms. The van der Waals surface area contributed by atoms with E-state index < -0.39 is 0 Å². The molecule has 0 saturated carbocycles. The van der Waals surface area contributed by atoms with Crippen molar-refractivity contribution in [2.45, 2.75) is 13.5 Å². The minimum Gasteiger partial charge on any atom is -0.464 e. The van der Waals surface area contributed by atoms with E-state index >= 15 is 0 Å². The van der Waals surface area contributed by atoms with Gasteiger partial charge in [-0.25, -0.2) is 4.98 Å². The quantitative estimate of drug-likeness (QED) is 0.855. The van der Waals surface area contributed by atoms with Gasteiger partial charge in [0.1, 0.15) is 22.3 Å². The zero-order chi connectivity index (χ0) is 13.1. The van der Waals surface area contributed by atoms with Crippen LogP contribution < -0.4 is 10.6 Å². The summed E-state index contributed by atoms with van der Waals surface area (Å²) in [4.78, 5) is 6.66. The molecule has 0 spiro atoms. The van der Waals surface area contributed by atoms with Crippen LogP contribution in [0.3, 0.4) is 0 Å². The van der Waals surface area contributed by atoms with E-state index in [0.29, 0.717) is 11.5 Å². The molecule has 0 fully saturated rings. The predicted molar refractivity (Wildman–Crippen MR) is 75.7 cm³/mol. The Bertz CT molecular complexity index is 565. The highest BCUT2D eigenvalue weighted by Crippen LogP contribution is 2.15. The Labute approximate surface area is 111 Å². The van der Waals surface area contributed by atoms with E-state index in [4.69, 9.17) is 22.4 Å². The van der Waals surface area contributed by atoms with Crippen molar-refractivity contribution in [3.63, 3.8) is 0 Å². The number of nitrogens with two attached hydrogens (primary N) is 1. The van der Waals surface area contributed by atoms with Crippen molar-refractivity contribution in [1.29, 1.82) is 0 Å². The zero-order valence-electron chi connectivity index (χ0n) is 10.4. The van der Waals surface area contributed by atoms with Gasteiger partial charge >= 0.3 is 0 Å². The molecule has 5 heteroatoms. The Hall–Kier alpha value is -1.88. The van der Waals surface area contributed by atoms with Crippen LogP contribution in [0.25, 0.3) is 0 Å². The average molecular weight is 261 g/mol. The summed E-state index contributed by atoms with van der Waals surface area (Å²) in [6, 6.07) is 7.58. The Morgan fingerprint density at radius 3 is 2.83 bits per heavy atom. The van der Waals surface area contributed by atoms with E-state index in [0.717, 1.165) is 22.9 Å². The number of rotatable bonds is 4. The number of hydrogen-bond donors (Lipinski definition) is 1. The Morgan fingerprint density at radius 2 is 2.22 bits per heavy atom. The van der Waals surface area contributed by atoms with Crippen LogP contribution >= 0.6 is 12.2 Å². The van der Waals surface area contributed by atoms with Crippen molar-refractivity contribution in [1.82, 2.24) is 4.98 Å². The number of furan rings is 1. The van der Waals surface area contributed by atoms with Gasteiger partial charge in [-0.05, 0) is 31.2 Å². The van der Waals surface area contributed by atoms with Gasteiger partial charge in [0.05, 0.1) is 6.54 Å². The second-order valence-corrected chi connectivity index (χ2v) is 4.58.